The summed E-state index contributed by atoms with van der Waals surface area (Å²) in [5, 5.41) is 5.74. The molecule has 3 N–H and O–H groups in total. The van der Waals surface area contributed by atoms with Crippen molar-refractivity contribution < 1.29 is 9.53 Å². The monoisotopic (exact) mass is 411 g/mol. The number of thioether (sulfide) groups is 1. The molecule has 5 nitrogen and oxygen atoms in total. The number of benzene rings is 3. The van der Waals surface area contributed by atoms with Gasteiger partial charge in [-0.1, -0.05) is 42.5 Å². The van der Waals surface area contributed by atoms with Gasteiger partial charge in [-0.3, -0.25) is 15.6 Å². The predicted octanol–water partition coefficient (Wildman–Crippen LogP) is 4.10. The van der Waals surface area contributed by atoms with Crippen LogP contribution in [0.2, 0.25) is 0 Å². The van der Waals surface area contributed by atoms with E-state index in [1.54, 1.807) is 18.9 Å². The Labute approximate surface area is 173 Å². The molecule has 0 saturated heterocycles. The molecular formula is C21H21N3O2S2. The predicted molar refractivity (Wildman–Crippen MR) is 121 cm³/mol. The van der Waals surface area contributed by atoms with E-state index in [1.165, 1.54) is 16.3 Å². The zero-order chi connectivity index (χ0) is 19.8. The fourth-order valence-corrected chi connectivity index (χ4v) is 3.67. The molecule has 144 valence electrons. The van der Waals surface area contributed by atoms with Gasteiger partial charge in [-0.25, -0.2) is 0 Å². The Hall–Kier alpha value is -2.77. The third-order valence-corrected chi connectivity index (χ3v) is 5.22. The van der Waals surface area contributed by atoms with Crippen LogP contribution in [-0.2, 0) is 10.5 Å². The van der Waals surface area contributed by atoms with Gasteiger partial charge in [-0.05, 0) is 52.8 Å². The van der Waals surface area contributed by atoms with Gasteiger partial charge >= 0.3 is 0 Å². The van der Waals surface area contributed by atoms with Gasteiger partial charge in [0.05, 0.1) is 12.9 Å². The quantitative estimate of drug-likeness (QED) is 0.419. The van der Waals surface area contributed by atoms with E-state index in [0.29, 0.717) is 10.9 Å². The van der Waals surface area contributed by atoms with Crippen LogP contribution < -0.4 is 20.9 Å². The van der Waals surface area contributed by atoms with Crippen molar-refractivity contribution in [2.45, 2.75) is 5.75 Å². The number of carbonyl (C=O) groups excluding carboxylic acids is 1. The van der Waals surface area contributed by atoms with Gasteiger partial charge in [-0.15, -0.1) is 11.8 Å². The molecule has 0 radical (unpaired) electrons. The van der Waals surface area contributed by atoms with E-state index in [0.717, 1.165) is 17.2 Å². The summed E-state index contributed by atoms with van der Waals surface area (Å²) in [5.41, 5.74) is 7.35. The minimum atomic E-state index is -0.135. The number of amides is 1. The van der Waals surface area contributed by atoms with Gasteiger partial charge in [0.25, 0.3) is 0 Å². The van der Waals surface area contributed by atoms with E-state index >= 15 is 0 Å². The Morgan fingerprint density at radius 1 is 1.00 bits per heavy atom. The smallest absolute Gasteiger partial charge is 0.248 e. The summed E-state index contributed by atoms with van der Waals surface area (Å²) in [7, 11) is 1.61. The molecule has 0 aliphatic heterocycles. The molecule has 0 aliphatic rings. The van der Waals surface area contributed by atoms with Crippen molar-refractivity contribution in [1.82, 2.24) is 10.9 Å². The Kier molecular flexibility index (Phi) is 7.11. The summed E-state index contributed by atoms with van der Waals surface area (Å²) in [6.45, 7) is 0. The average Bonchev–Trinajstić information content (AvgIpc) is 2.73. The van der Waals surface area contributed by atoms with Crippen molar-refractivity contribution in [1.29, 1.82) is 0 Å². The van der Waals surface area contributed by atoms with Crippen LogP contribution in [0, 0.1) is 0 Å². The number of anilines is 1. The van der Waals surface area contributed by atoms with Gasteiger partial charge in [0, 0.05) is 11.4 Å². The van der Waals surface area contributed by atoms with Crippen molar-refractivity contribution in [3.05, 3.63) is 72.3 Å². The molecular weight excluding hydrogens is 390 g/mol. The summed E-state index contributed by atoms with van der Waals surface area (Å²) in [4.78, 5) is 12.0. The van der Waals surface area contributed by atoms with E-state index in [4.69, 9.17) is 17.0 Å². The Balaban J connectivity index is 1.41. The highest BCUT2D eigenvalue weighted by Crippen LogP contribution is 2.22. The number of methoxy groups -OCH3 is 1. The van der Waals surface area contributed by atoms with Crippen LogP contribution in [0.25, 0.3) is 10.8 Å². The standard InChI is InChI=1S/C21H21N3O2S2/c1-26-18-11-9-17(10-12-18)22-21(27)24-23-20(25)14-28-13-16-7-4-6-15-5-2-3-8-19(15)16/h2-12H,13-14H2,1H3,(H,23,25)(H2,22,24,27). The lowest BCUT2D eigenvalue weighted by molar-refractivity contribution is -0.119. The average molecular weight is 412 g/mol. The van der Waals surface area contributed by atoms with Crippen LogP contribution in [0.4, 0.5) is 5.69 Å². The highest BCUT2D eigenvalue weighted by Gasteiger charge is 2.05. The van der Waals surface area contributed by atoms with Gasteiger partial charge < -0.3 is 10.1 Å². The van der Waals surface area contributed by atoms with Crippen LogP contribution in [0.3, 0.4) is 0 Å². The molecule has 1 amide bonds. The fraction of sp³-hybridized carbons (Fsp3) is 0.143. The van der Waals surface area contributed by atoms with Crippen molar-refractivity contribution in [2.24, 2.45) is 0 Å². The first kappa shape index (κ1) is 20.0. The zero-order valence-electron chi connectivity index (χ0n) is 15.4. The molecule has 0 spiro atoms. The van der Waals surface area contributed by atoms with Crippen LogP contribution in [-0.4, -0.2) is 23.9 Å². The fourth-order valence-electron chi connectivity index (χ4n) is 2.67. The second-order valence-corrected chi connectivity index (χ2v) is 7.38. The Morgan fingerprint density at radius 3 is 2.54 bits per heavy atom. The number of thiocarbonyl (C=S) groups is 1. The van der Waals surface area contributed by atoms with Crippen LogP contribution in [0.15, 0.2) is 66.7 Å². The minimum Gasteiger partial charge on any atom is -0.497 e. The highest BCUT2D eigenvalue weighted by atomic mass is 32.2. The maximum atomic E-state index is 12.0. The van der Waals surface area contributed by atoms with E-state index in [1.807, 2.05) is 42.5 Å². The number of hydrazine groups is 1. The van der Waals surface area contributed by atoms with E-state index in [9.17, 15) is 4.79 Å². The number of fused-ring (bicyclic) bond motifs is 1. The zero-order valence-corrected chi connectivity index (χ0v) is 17.0. The van der Waals surface area contributed by atoms with Crippen molar-refractivity contribution in [2.75, 3.05) is 18.2 Å². The van der Waals surface area contributed by atoms with Crippen molar-refractivity contribution in [3.8, 4) is 5.75 Å². The molecule has 3 rings (SSSR count). The first-order chi connectivity index (χ1) is 13.7. The lowest BCUT2D eigenvalue weighted by Crippen LogP contribution is -2.44. The van der Waals surface area contributed by atoms with E-state index in [-0.39, 0.29) is 5.91 Å². The van der Waals surface area contributed by atoms with Gasteiger partial charge in [0.15, 0.2) is 5.11 Å². The van der Waals surface area contributed by atoms with Gasteiger partial charge in [0.2, 0.25) is 5.91 Å². The molecule has 0 fully saturated rings. The molecule has 7 heteroatoms. The molecule has 0 heterocycles. The summed E-state index contributed by atoms with van der Waals surface area (Å²) in [6, 6.07) is 21.8. The first-order valence-electron chi connectivity index (χ1n) is 8.70. The van der Waals surface area contributed by atoms with Crippen molar-refractivity contribution in [3.63, 3.8) is 0 Å². The van der Waals surface area contributed by atoms with Crippen LogP contribution >= 0.6 is 24.0 Å². The molecule has 3 aromatic carbocycles. The van der Waals surface area contributed by atoms with Crippen LogP contribution in [0.5, 0.6) is 5.75 Å². The third kappa shape index (κ3) is 5.61. The molecule has 28 heavy (non-hydrogen) atoms. The number of rotatable bonds is 6. The van der Waals surface area contributed by atoms with Crippen molar-refractivity contribution >= 4 is 51.5 Å². The Morgan fingerprint density at radius 2 is 1.75 bits per heavy atom. The highest BCUT2D eigenvalue weighted by molar-refractivity contribution is 7.99. The molecule has 3 aromatic rings. The van der Waals surface area contributed by atoms with Crippen LogP contribution in [0.1, 0.15) is 5.56 Å². The molecule has 0 aliphatic carbocycles. The van der Waals surface area contributed by atoms with E-state index < -0.39 is 0 Å². The van der Waals surface area contributed by atoms with E-state index in [2.05, 4.69) is 40.4 Å². The summed E-state index contributed by atoms with van der Waals surface area (Å²) in [6.07, 6.45) is 0. The molecule has 0 bridgehead atoms. The molecule has 0 aromatic heterocycles. The molecule has 0 unspecified atom stereocenters. The number of nitrogens with one attached hydrogen (secondary N) is 3. The summed E-state index contributed by atoms with van der Waals surface area (Å²) in [5.74, 6) is 1.73. The Bertz CT molecular complexity index is 956. The number of hydrogen-bond acceptors (Lipinski definition) is 4. The molecule has 0 atom stereocenters. The molecule has 0 saturated carbocycles. The van der Waals surface area contributed by atoms with Gasteiger partial charge in [-0.2, -0.15) is 0 Å². The topological polar surface area (TPSA) is 62.4 Å². The summed E-state index contributed by atoms with van der Waals surface area (Å²) >= 11 is 6.74. The third-order valence-electron chi connectivity index (χ3n) is 4.03. The maximum absolute atomic E-state index is 12.0. The second-order valence-electron chi connectivity index (χ2n) is 5.99. The minimum absolute atomic E-state index is 0.135. The van der Waals surface area contributed by atoms with Gasteiger partial charge in [0.1, 0.15) is 5.75 Å². The number of carbonyl (C=O) groups is 1. The number of ether oxygens (including phenoxy) is 1. The second kappa shape index (κ2) is 9.96. The normalized spacial score (nSPS) is 10.3. The lowest BCUT2D eigenvalue weighted by atomic mass is 10.1. The largest absolute Gasteiger partial charge is 0.497 e. The number of hydrogen-bond donors (Lipinski definition) is 3. The lowest BCUT2D eigenvalue weighted by Gasteiger charge is -2.12. The SMILES string of the molecule is COc1ccc(NC(=S)NNC(=O)CSCc2cccc3ccccc23)cc1. The first-order valence-corrected chi connectivity index (χ1v) is 10.3. The summed E-state index contributed by atoms with van der Waals surface area (Å²) < 4.78 is 5.11. The maximum Gasteiger partial charge on any atom is 0.248 e.